The summed E-state index contributed by atoms with van der Waals surface area (Å²) in [7, 11) is 0.0593. The average Bonchev–Trinajstić information content (AvgIpc) is 2.95. The van der Waals surface area contributed by atoms with Crippen LogP contribution in [0.3, 0.4) is 0 Å². The Labute approximate surface area is 123 Å². The summed E-state index contributed by atoms with van der Waals surface area (Å²) in [5.41, 5.74) is 6.01. The summed E-state index contributed by atoms with van der Waals surface area (Å²) in [6.07, 6.45) is 3.41. The molecule has 0 radical (unpaired) electrons. The topological polar surface area (TPSA) is 138 Å². The number of amides is 1. The zero-order valence-corrected chi connectivity index (χ0v) is 12.6. The van der Waals surface area contributed by atoms with Crippen LogP contribution in [0.4, 0.5) is 0 Å². The number of carbonyl (C=O) groups excluding carboxylic acids is 2. The van der Waals surface area contributed by atoms with Gasteiger partial charge in [0.05, 0.1) is 12.4 Å². The van der Waals surface area contributed by atoms with Gasteiger partial charge in [-0.15, -0.1) is 0 Å². The van der Waals surface area contributed by atoms with Gasteiger partial charge in [-0.05, 0) is 13.1 Å². The SMILES string of the molecule is CPC(=O)C(Cc1cnc[nH]1)NC(=O)CCC(N)C(=O)O. The fraction of sp³-hybridized carbons (Fsp3) is 0.500. The molecular formula is C12H19N4O4P. The predicted octanol–water partition coefficient (Wildman–Crippen LogP) is -0.536. The molecule has 9 heteroatoms. The third-order valence-corrected chi connectivity index (χ3v) is 3.72. The zero-order valence-electron chi connectivity index (χ0n) is 11.6. The first-order chi connectivity index (χ1) is 9.93. The highest BCUT2D eigenvalue weighted by atomic mass is 31.1. The molecule has 1 amide bonds. The van der Waals surface area contributed by atoms with Crippen molar-refractivity contribution in [1.29, 1.82) is 0 Å². The van der Waals surface area contributed by atoms with E-state index in [9.17, 15) is 14.4 Å². The smallest absolute Gasteiger partial charge is 0.320 e. The van der Waals surface area contributed by atoms with Crippen LogP contribution in [0, 0.1) is 0 Å². The van der Waals surface area contributed by atoms with E-state index >= 15 is 0 Å². The first-order valence-electron chi connectivity index (χ1n) is 6.40. The summed E-state index contributed by atoms with van der Waals surface area (Å²) in [5.74, 6) is -1.54. The lowest BCUT2D eigenvalue weighted by Gasteiger charge is -2.16. The summed E-state index contributed by atoms with van der Waals surface area (Å²) in [6, 6.07) is -1.71. The minimum Gasteiger partial charge on any atom is -0.480 e. The number of imidazole rings is 1. The molecule has 1 rings (SSSR count). The number of H-pyrrole nitrogens is 1. The summed E-state index contributed by atoms with van der Waals surface area (Å²) in [6.45, 7) is 1.74. The van der Waals surface area contributed by atoms with Crippen LogP contribution in [-0.2, 0) is 20.8 Å². The van der Waals surface area contributed by atoms with Crippen LogP contribution >= 0.6 is 8.58 Å². The second-order valence-electron chi connectivity index (χ2n) is 4.50. The number of aliphatic carboxylic acids is 1. The van der Waals surface area contributed by atoms with Crippen LogP contribution in [0.25, 0.3) is 0 Å². The quantitative estimate of drug-likeness (QED) is 0.452. The van der Waals surface area contributed by atoms with E-state index in [-0.39, 0.29) is 32.9 Å². The summed E-state index contributed by atoms with van der Waals surface area (Å²) >= 11 is 0. The Morgan fingerprint density at radius 3 is 2.76 bits per heavy atom. The number of hydrogen-bond acceptors (Lipinski definition) is 5. The molecule has 8 nitrogen and oxygen atoms in total. The fourth-order valence-corrected chi connectivity index (χ4v) is 2.20. The van der Waals surface area contributed by atoms with Gasteiger partial charge in [-0.2, -0.15) is 0 Å². The molecule has 0 saturated heterocycles. The van der Waals surface area contributed by atoms with E-state index in [2.05, 4.69) is 15.3 Å². The fourth-order valence-electron chi connectivity index (χ4n) is 1.68. The van der Waals surface area contributed by atoms with Crippen molar-refractivity contribution in [3.05, 3.63) is 18.2 Å². The lowest BCUT2D eigenvalue weighted by molar-refractivity contribution is -0.138. The normalized spacial score (nSPS) is 14.0. The molecule has 3 atom stereocenters. The van der Waals surface area contributed by atoms with E-state index in [1.807, 2.05) is 0 Å². The Hall–Kier alpha value is -1.79. The number of carboxylic acid groups (broad SMARTS) is 1. The lowest BCUT2D eigenvalue weighted by atomic mass is 10.1. The Morgan fingerprint density at radius 1 is 1.52 bits per heavy atom. The number of nitrogens with two attached hydrogens (primary N) is 1. The number of aromatic amines is 1. The van der Waals surface area contributed by atoms with Gasteiger partial charge in [-0.25, -0.2) is 4.98 Å². The van der Waals surface area contributed by atoms with E-state index in [0.717, 1.165) is 5.69 Å². The molecule has 0 aliphatic rings. The number of carbonyl (C=O) groups is 3. The van der Waals surface area contributed by atoms with Gasteiger partial charge in [0.25, 0.3) is 0 Å². The van der Waals surface area contributed by atoms with E-state index in [1.165, 1.54) is 6.33 Å². The second kappa shape index (κ2) is 8.49. The largest absolute Gasteiger partial charge is 0.480 e. The maximum absolute atomic E-state index is 11.9. The third kappa shape index (κ3) is 6.01. The van der Waals surface area contributed by atoms with Gasteiger partial charge in [-0.1, -0.05) is 8.58 Å². The standard InChI is InChI=1S/C12H19N4O4P/c1-21-12(20)9(4-7-5-14-6-15-7)16-10(17)3-2-8(13)11(18)19/h5-6,8-9,21H,2-4,13H2,1H3,(H,14,15)(H,16,17)(H,18,19). The Balaban J connectivity index is 2.54. The average molecular weight is 314 g/mol. The predicted molar refractivity (Wildman–Crippen MR) is 78.3 cm³/mol. The highest BCUT2D eigenvalue weighted by molar-refractivity contribution is 7.57. The Kier molecular flexibility index (Phi) is 6.98. The van der Waals surface area contributed by atoms with Gasteiger partial charge in [0.2, 0.25) is 5.91 Å². The number of carboxylic acids is 1. The first kappa shape index (κ1) is 17.3. The molecular weight excluding hydrogens is 295 g/mol. The molecule has 0 aromatic carbocycles. The van der Waals surface area contributed by atoms with Crippen molar-refractivity contribution >= 4 is 26.0 Å². The monoisotopic (exact) mass is 314 g/mol. The van der Waals surface area contributed by atoms with Gasteiger partial charge < -0.3 is 21.1 Å². The van der Waals surface area contributed by atoms with Crippen molar-refractivity contribution < 1.29 is 19.5 Å². The molecule has 0 spiro atoms. The maximum atomic E-state index is 11.9. The molecule has 0 aliphatic heterocycles. The number of aromatic nitrogens is 2. The van der Waals surface area contributed by atoms with Crippen LogP contribution in [-0.4, -0.2) is 51.2 Å². The zero-order chi connectivity index (χ0) is 15.8. The molecule has 1 aromatic heterocycles. The van der Waals surface area contributed by atoms with Crippen molar-refractivity contribution in [2.45, 2.75) is 31.3 Å². The molecule has 1 heterocycles. The van der Waals surface area contributed by atoms with Crippen LogP contribution in [0.2, 0.25) is 0 Å². The van der Waals surface area contributed by atoms with Gasteiger partial charge in [0.15, 0.2) is 5.52 Å². The molecule has 5 N–H and O–H groups in total. The first-order valence-corrected chi connectivity index (χ1v) is 7.90. The van der Waals surface area contributed by atoms with E-state index in [1.54, 1.807) is 12.9 Å². The summed E-state index contributed by atoms with van der Waals surface area (Å²) < 4.78 is 0. The molecule has 0 bridgehead atoms. The van der Waals surface area contributed by atoms with Crippen LogP contribution in [0.15, 0.2) is 12.5 Å². The highest BCUT2D eigenvalue weighted by Gasteiger charge is 2.21. The van der Waals surface area contributed by atoms with Crippen LogP contribution < -0.4 is 11.1 Å². The number of nitrogens with one attached hydrogen (secondary N) is 2. The second-order valence-corrected chi connectivity index (χ2v) is 5.49. The minimum absolute atomic E-state index is 0.0283. The molecule has 21 heavy (non-hydrogen) atoms. The molecule has 0 saturated carbocycles. The number of hydrogen-bond donors (Lipinski definition) is 4. The lowest BCUT2D eigenvalue weighted by Crippen LogP contribution is -2.41. The molecule has 3 unspecified atom stereocenters. The van der Waals surface area contributed by atoms with Gasteiger partial charge in [0, 0.05) is 24.7 Å². The maximum Gasteiger partial charge on any atom is 0.320 e. The minimum atomic E-state index is -1.15. The molecule has 0 aliphatic carbocycles. The Bertz CT molecular complexity index is 491. The number of rotatable bonds is 9. The third-order valence-electron chi connectivity index (χ3n) is 2.88. The summed E-state index contributed by atoms with van der Waals surface area (Å²) in [5, 5.41) is 11.3. The molecule has 1 aromatic rings. The van der Waals surface area contributed by atoms with Crippen molar-refractivity contribution in [2.24, 2.45) is 5.73 Å². The van der Waals surface area contributed by atoms with Gasteiger partial charge in [0.1, 0.15) is 6.04 Å². The van der Waals surface area contributed by atoms with Gasteiger partial charge in [-0.3, -0.25) is 14.4 Å². The molecule has 0 fully saturated rings. The van der Waals surface area contributed by atoms with Crippen molar-refractivity contribution in [1.82, 2.24) is 15.3 Å². The van der Waals surface area contributed by atoms with Crippen molar-refractivity contribution in [2.75, 3.05) is 6.66 Å². The molecule has 116 valence electrons. The highest BCUT2D eigenvalue weighted by Crippen LogP contribution is 2.12. The van der Waals surface area contributed by atoms with Crippen LogP contribution in [0.1, 0.15) is 18.5 Å². The van der Waals surface area contributed by atoms with Crippen molar-refractivity contribution in [3.8, 4) is 0 Å². The summed E-state index contributed by atoms with van der Waals surface area (Å²) in [4.78, 5) is 41.0. The van der Waals surface area contributed by atoms with E-state index in [4.69, 9.17) is 10.8 Å². The number of nitrogens with zero attached hydrogens (tertiary/aromatic N) is 1. The van der Waals surface area contributed by atoms with Crippen LogP contribution in [0.5, 0.6) is 0 Å². The Morgan fingerprint density at radius 2 is 2.24 bits per heavy atom. The van der Waals surface area contributed by atoms with E-state index < -0.39 is 18.1 Å². The van der Waals surface area contributed by atoms with Crippen molar-refractivity contribution in [3.63, 3.8) is 0 Å². The van der Waals surface area contributed by atoms with Gasteiger partial charge >= 0.3 is 5.97 Å². The van der Waals surface area contributed by atoms with E-state index in [0.29, 0.717) is 6.42 Å².